The molecule has 1 saturated heterocycles. The molecule has 0 aromatic carbocycles. The lowest BCUT2D eigenvalue weighted by molar-refractivity contribution is 0.0719. The van der Waals surface area contributed by atoms with E-state index >= 15 is 0 Å². The first-order chi connectivity index (χ1) is 8.59. The first-order valence-corrected chi connectivity index (χ1v) is 6.83. The molecule has 0 spiro atoms. The molecule has 1 aromatic heterocycles. The number of hydrogen-bond acceptors (Lipinski definition) is 5. The fourth-order valence-electron chi connectivity index (χ4n) is 1.52. The van der Waals surface area contributed by atoms with Crippen LogP contribution in [0.5, 0.6) is 0 Å². The van der Waals surface area contributed by atoms with Crippen molar-refractivity contribution in [1.29, 1.82) is 0 Å². The highest BCUT2D eigenvalue weighted by Gasteiger charge is 2.26. The van der Waals surface area contributed by atoms with Crippen LogP contribution in [-0.4, -0.2) is 49.9 Å². The Kier molecular flexibility index (Phi) is 3.90. The van der Waals surface area contributed by atoms with E-state index in [9.17, 15) is 13.2 Å². The van der Waals surface area contributed by atoms with Crippen LogP contribution in [0.4, 0.5) is 0 Å². The smallest absolute Gasteiger partial charge is 0.304 e. The molecule has 0 unspecified atom stereocenters. The molecular formula is C10H13N3O4S. The topological polar surface area (TPSA) is 88.6 Å². The standard InChI is InChI=1S/C10H13N3O4S/c14-10(9-2-1-3-11-8-9)12-18(15,16)13-4-6-17-7-5-13/h1-3,8H,4-7H2,(H,12,14). The first kappa shape index (κ1) is 12.9. The lowest BCUT2D eigenvalue weighted by Gasteiger charge is -2.25. The molecule has 0 bridgehead atoms. The molecule has 98 valence electrons. The van der Waals surface area contributed by atoms with Gasteiger partial charge in [0.25, 0.3) is 5.91 Å². The van der Waals surface area contributed by atoms with Crippen molar-refractivity contribution in [3.63, 3.8) is 0 Å². The maximum Gasteiger partial charge on any atom is 0.304 e. The Morgan fingerprint density at radius 3 is 2.72 bits per heavy atom. The molecule has 18 heavy (non-hydrogen) atoms. The Balaban J connectivity index is 2.06. The van der Waals surface area contributed by atoms with E-state index in [0.717, 1.165) is 0 Å². The number of pyridine rings is 1. The van der Waals surface area contributed by atoms with Gasteiger partial charge in [0.05, 0.1) is 18.8 Å². The van der Waals surface area contributed by atoms with E-state index in [0.29, 0.717) is 13.2 Å². The molecule has 1 aliphatic heterocycles. The highest BCUT2D eigenvalue weighted by Crippen LogP contribution is 2.04. The van der Waals surface area contributed by atoms with Gasteiger partial charge in [-0.1, -0.05) is 0 Å². The van der Waals surface area contributed by atoms with E-state index in [4.69, 9.17) is 4.74 Å². The summed E-state index contributed by atoms with van der Waals surface area (Å²) in [7, 11) is -3.80. The van der Waals surface area contributed by atoms with Crippen LogP contribution in [0.15, 0.2) is 24.5 Å². The van der Waals surface area contributed by atoms with Crippen molar-refractivity contribution in [2.24, 2.45) is 0 Å². The summed E-state index contributed by atoms with van der Waals surface area (Å²) in [5.74, 6) is -0.686. The molecular weight excluding hydrogens is 258 g/mol. The molecule has 7 nitrogen and oxygen atoms in total. The number of carbonyl (C=O) groups excluding carboxylic acids is 1. The number of ether oxygens (including phenoxy) is 1. The van der Waals surface area contributed by atoms with Gasteiger partial charge in [0.1, 0.15) is 0 Å². The highest BCUT2D eigenvalue weighted by molar-refractivity contribution is 7.87. The summed E-state index contributed by atoms with van der Waals surface area (Å²) in [6.07, 6.45) is 2.82. The second-order valence-corrected chi connectivity index (χ2v) is 5.36. The largest absolute Gasteiger partial charge is 0.379 e. The van der Waals surface area contributed by atoms with Crippen molar-refractivity contribution in [3.8, 4) is 0 Å². The minimum Gasteiger partial charge on any atom is -0.379 e. The highest BCUT2D eigenvalue weighted by atomic mass is 32.2. The van der Waals surface area contributed by atoms with Crippen molar-refractivity contribution in [2.75, 3.05) is 26.3 Å². The predicted molar refractivity (Wildman–Crippen MR) is 63.0 cm³/mol. The van der Waals surface area contributed by atoms with Gasteiger partial charge in [-0.2, -0.15) is 12.7 Å². The Morgan fingerprint density at radius 2 is 2.11 bits per heavy atom. The molecule has 2 heterocycles. The fraction of sp³-hybridized carbons (Fsp3) is 0.400. The molecule has 0 atom stereocenters. The van der Waals surface area contributed by atoms with Gasteiger partial charge >= 0.3 is 10.2 Å². The van der Waals surface area contributed by atoms with Gasteiger partial charge in [0.2, 0.25) is 0 Å². The maximum absolute atomic E-state index is 11.9. The number of hydrogen-bond donors (Lipinski definition) is 1. The minimum atomic E-state index is -3.80. The molecule has 0 aliphatic carbocycles. The van der Waals surface area contributed by atoms with Crippen LogP contribution >= 0.6 is 0 Å². The van der Waals surface area contributed by atoms with Gasteiger partial charge in [-0.3, -0.25) is 9.78 Å². The number of aromatic nitrogens is 1. The van der Waals surface area contributed by atoms with E-state index in [1.54, 1.807) is 6.07 Å². The third-order valence-electron chi connectivity index (χ3n) is 2.46. The molecule has 1 N–H and O–H groups in total. The van der Waals surface area contributed by atoms with Crippen LogP contribution in [-0.2, 0) is 14.9 Å². The Hall–Kier alpha value is -1.51. The Bertz CT molecular complexity index is 511. The molecule has 8 heteroatoms. The van der Waals surface area contributed by atoms with Gasteiger partial charge in [-0.15, -0.1) is 0 Å². The maximum atomic E-state index is 11.9. The molecule has 1 aromatic rings. The van der Waals surface area contributed by atoms with E-state index < -0.39 is 16.1 Å². The van der Waals surface area contributed by atoms with Crippen molar-refractivity contribution in [3.05, 3.63) is 30.1 Å². The van der Waals surface area contributed by atoms with E-state index in [1.807, 2.05) is 4.72 Å². The van der Waals surface area contributed by atoms with E-state index in [1.165, 1.54) is 22.8 Å². The summed E-state index contributed by atoms with van der Waals surface area (Å²) in [5.41, 5.74) is 0.203. The Labute approximate surface area is 105 Å². The van der Waals surface area contributed by atoms with Gasteiger partial charge in [-0.25, -0.2) is 4.72 Å². The summed E-state index contributed by atoms with van der Waals surface area (Å²) < 4.78 is 32.0. The van der Waals surface area contributed by atoms with Crippen LogP contribution in [0, 0.1) is 0 Å². The predicted octanol–water partition coefficient (Wildman–Crippen LogP) is -0.612. The minimum absolute atomic E-state index is 0.203. The lowest BCUT2D eigenvalue weighted by Crippen LogP contribution is -2.48. The van der Waals surface area contributed by atoms with Crippen LogP contribution in [0.3, 0.4) is 0 Å². The normalized spacial score (nSPS) is 17.3. The van der Waals surface area contributed by atoms with E-state index in [2.05, 4.69) is 4.98 Å². The molecule has 2 rings (SSSR count). The number of nitrogens with one attached hydrogen (secondary N) is 1. The molecule has 0 saturated carbocycles. The SMILES string of the molecule is O=C(NS(=O)(=O)N1CCOCC1)c1cccnc1. The van der Waals surface area contributed by atoms with Gasteiger partial charge in [-0.05, 0) is 12.1 Å². The zero-order valence-corrected chi connectivity index (χ0v) is 10.4. The second kappa shape index (κ2) is 5.42. The Morgan fingerprint density at radius 1 is 1.39 bits per heavy atom. The van der Waals surface area contributed by atoms with E-state index in [-0.39, 0.29) is 18.7 Å². The summed E-state index contributed by atoms with van der Waals surface area (Å²) >= 11 is 0. The molecule has 0 radical (unpaired) electrons. The van der Waals surface area contributed by atoms with Crippen molar-refractivity contribution < 1.29 is 17.9 Å². The number of morpholine rings is 1. The summed E-state index contributed by atoms with van der Waals surface area (Å²) in [6.45, 7) is 1.16. The zero-order chi connectivity index (χ0) is 13.0. The summed E-state index contributed by atoms with van der Waals surface area (Å²) in [5, 5.41) is 0. The molecule has 1 amide bonds. The quantitative estimate of drug-likeness (QED) is 0.792. The number of nitrogens with zero attached hydrogens (tertiary/aromatic N) is 2. The average Bonchev–Trinajstić information content (AvgIpc) is 2.40. The second-order valence-electron chi connectivity index (χ2n) is 3.69. The van der Waals surface area contributed by atoms with Crippen molar-refractivity contribution >= 4 is 16.1 Å². The molecule has 1 aliphatic rings. The van der Waals surface area contributed by atoms with Crippen LogP contribution in [0.2, 0.25) is 0 Å². The third kappa shape index (κ3) is 3.03. The summed E-state index contributed by atoms with van der Waals surface area (Å²) in [4.78, 5) is 15.5. The van der Waals surface area contributed by atoms with Crippen LogP contribution in [0.25, 0.3) is 0 Å². The van der Waals surface area contributed by atoms with Crippen molar-refractivity contribution in [2.45, 2.75) is 0 Å². The van der Waals surface area contributed by atoms with Gasteiger partial charge in [0.15, 0.2) is 0 Å². The van der Waals surface area contributed by atoms with Crippen LogP contribution in [0.1, 0.15) is 10.4 Å². The fourth-order valence-corrected chi connectivity index (χ4v) is 2.64. The lowest BCUT2D eigenvalue weighted by atomic mass is 10.3. The van der Waals surface area contributed by atoms with Crippen LogP contribution < -0.4 is 4.72 Å². The first-order valence-electron chi connectivity index (χ1n) is 5.39. The van der Waals surface area contributed by atoms with Crippen molar-refractivity contribution in [1.82, 2.24) is 14.0 Å². The zero-order valence-electron chi connectivity index (χ0n) is 9.57. The monoisotopic (exact) mass is 271 g/mol. The number of rotatable bonds is 3. The van der Waals surface area contributed by atoms with Gasteiger partial charge in [0, 0.05) is 25.5 Å². The molecule has 1 fully saturated rings. The average molecular weight is 271 g/mol. The number of carbonyl (C=O) groups is 1. The van der Waals surface area contributed by atoms with Gasteiger partial charge < -0.3 is 4.74 Å². The third-order valence-corrected chi connectivity index (χ3v) is 3.94. The number of amides is 1. The summed E-state index contributed by atoms with van der Waals surface area (Å²) in [6, 6.07) is 3.06.